The molecule has 0 aliphatic carbocycles. The predicted molar refractivity (Wildman–Crippen MR) is 182 cm³/mol. The summed E-state index contributed by atoms with van der Waals surface area (Å²) in [6.45, 7) is 21.7. The normalized spacial score (nSPS) is 11.9. The fourth-order valence-electron chi connectivity index (χ4n) is 3.86. The van der Waals surface area contributed by atoms with Gasteiger partial charge in [-0.05, 0) is 62.5 Å². The molecule has 2 aromatic rings. The van der Waals surface area contributed by atoms with E-state index in [1.165, 1.54) is 11.6 Å². The van der Waals surface area contributed by atoms with Gasteiger partial charge in [0.05, 0.1) is 11.5 Å². The van der Waals surface area contributed by atoms with Crippen LogP contribution >= 0.6 is 0 Å². The Morgan fingerprint density at radius 1 is 0.837 bits per heavy atom. The smallest absolute Gasteiger partial charge is 0.311 e. The molecule has 0 unspecified atom stereocenters. The molecule has 238 valence electrons. The molecule has 0 saturated heterocycles. The van der Waals surface area contributed by atoms with Crippen LogP contribution in [0.3, 0.4) is 0 Å². The zero-order valence-corrected chi connectivity index (χ0v) is 29.6. The summed E-state index contributed by atoms with van der Waals surface area (Å²) in [4.78, 5) is 11.4. The van der Waals surface area contributed by atoms with E-state index in [0.717, 1.165) is 29.0 Å². The first kappa shape index (κ1) is 36.3. The molecule has 0 atom stereocenters. The lowest BCUT2D eigenvalue weighted by Crippen LogP contribution is -2.22. The summed E-state index contributed by atoms with van der Waals surface area (Å²) in [5.41, 5.74) is 3.67. The molecule has 0 spiro atoms. The van der Waals surface area contributed by atoms with Crippen molar-refractivity contribution in [2.45, 2.75) is 78.6 Å². The molecule has 0 amide bonds. The van der Waals surface area contributed by atoms with Gasteiger partial charge in [0.15, 0.2) is 19.3 Å². The maximum absolute atomic E-state index is 11.9. The molecule has 0 aliphatic heterocycles. The summed E-state index contributed by atoms with van der Waals surface area (Å²) in [5, 5.41) is 11.9. The Kier molecular flexibility index (Phi) is 14.7. The first-order valence-corrected chi connectivity index (χ1v) is 22.4. The average Bonchev–Trinajstić information content (AvgIpc) is 2.90. The van der Waals surface area contributed by atoms with Crippen molar-refractivity contribution in [2.24, 2.45) is 0 Å². The Hall–Kier alpha value is -2.93. The predicted octanol–water partition coefficient (Wildman–Crippen LogP) is 9.05. The lowest BCUT2D eigenvalue weighted by molar-refractivity contribution is -0.386. The average molecular weight is 630 g/mol. The van der Waals surface area contributed by atoms with Gasteiger partial charge in [0.2, 0.25) is 0 Å². The monoisotopic (exact) mass is 629 g/mol. The Morgan fingerprint density at radius 2 is 1.47 bits per heavy atom. The number of allylic oxidation sites excluding steroid dienone is 2. The molecule has 2 rings (SSSR count). The summed E-state index contributed by atoms with van der Waals surface area (Å²) in [6, 6.07) is 10.9. The lowest BCUT2D eigenvalue weighted by atomic mass is 10.00. The standard InChI is InChI=1S/C33H51NO7Si2/c1-10-39-33-23-29(40-24-37-17-19-42(4,5)6)22-28(30(33)15-11-26(2)3)14-12-27-13-16-32(31(21-27)34(35)36)41-25-38-18-20-43(7,8)9/h11-14,16,21-23H,10,15,17-20,24-25H2,1-9H3. The van der Waals surface area contributed by atoms with E-state index >= 15 is 0 Å². The van der Waals surface area contributed by atoms with E-state index in [0.29, 0.717) is 37.6 Å². The second-order valence-corrected chi connectivity index (χ2v) is 24.4. The third-order valence-electron chi connectivity index (χ3n) is 6.47. The molecule has 0 radical (unpaired) electrons. The van der Waals surface area contributed by atoms with Gasteiger partial charge < -0.3 is 23.7 Å². The first-order valence-electron chi connectivity index (χ1n) is 15.0. The van der Waals surface area contributed by atoms with Gasteiger partial charge in [-0.15, -0.1) is 0 Å². The third kappa shape index (κ3) is 14.4. The third-order valence-corrected chi connectivity index (χ3v) is 9.87. The molecular formula is C33H51NO7Si2. The Balaban J connectivity index is 2.30. The quantitative estimate of drug-likeness (QED) is 0.0291. The molecule has 0 saturated carbocycles. The highest BCUT2D eigenvalue weighted by Crippen LogP contribution is 2.33. The van der Waals surface area contributed by atoms with Crippen LogP contribution in [0.25, 0.3) is 12.2 Å². The fourth-order valence-corrected chi connectivity index (χ4v) is 5.37. The van der Waals surface area contributed by atoms with E-state index in [-0.39, 0.29) is 25.0 Å². The van der Waals surface area contributed by atoms with Crippen LogP contribution in [0, 0.1) is 10.1 Å². The van der Waals surface area contributed by atoms with Crippen molar-refractivity contribution in [1.82, 2.24) is 0 Å². The van der Waals surface area contributed by atoms with Gasteiger partial charge >= 0.3 is 5.69 Å². The molecule has 43 heavy (non-hydrogen) atoms. The Morgan fingerprint density at radius 3 is 2.02 bits per heavy atom. The number of nitrogens with zero attached hydrogens (tertiary/aromatic N) is 1. The highest BCUT2D eigenvalue weighted by molar-refractivity contribution is 6.76. The van der Waals surface area contributed by atoms with Gasteiger partial charge in [-0.1, -0.05) is 69.1 Å². The summed E-state index contributed by atoms with van der Waals surface area (Å²) in [7, 11) is -2.41. The molecule has 0 aromatic heterocycles. The van der Waals surface area contributed by atoms with Crippen LogP contribution in [0.5, 0.6) is 17.2 Å². The van der Waals surface area contributed by atoms with E-state index in [1.807, 2.05) is 31.2 Å². The second kappa shape index (κ2) is 17.4. The summed E-state index contributed by atoms with van der Waals surface area (Å²) in [6.07, 6.45) is 6.62. The Bertz CT molecular complexity index is 1240. The van der Waals surface area contributed by atoms with Gasteiger partial charge in [0.1, 0.15) is 11.5 Å². The first-order chi connectivity index (χ1) is 20.2. The van der Waals surface area contributed by atoms with Crippen molar-refractivity contribution >= 4 is 34.0 Å². The van der Waals surface area contributed by atoms with Crippen molar-refractivity contribution in [1.29, 1.82) is 0 Å². The van der Waals surface area contributed by atoms with Crippen molar-refractivity contribution in [3.8, 4) is 17.2 Å². The van der Waals surface area contributed by atoms with Crippen molar-refractivity contribution in [3.63, 3.8) is 0 Å². The highest BCUT2D eigenvalue weighted by Gasteiger charge is 2.17. The summed E-state index contributed by atoms with van der Waals surface area (Å²) in [5.74, 6) is 1.56. The van der Waals surface area contributed by atoms with Crippen LogP contribution in [-0.2, 0) is 15.9 Å². The van der Waals surface area contributed by atoms with Gasteiger partial charge in [-0.25, -0.2) is 0 Å². The SMILES string of the molecule is CCOc1cc(OCOCC[Si](C)(C)C)cc(C=Cc2ccc(OCOCC[Si](C)(C)C)c([N+](=O)[O-])c2)c1CC=C(C)C. The van der Waals surface area contributed by atoms with E-state index in [4.69, 9.17) is 23.7 Å². The molecule has 0 fully saturated rings. The van der Waals surface area contributed by atoms with Gasteiger partial charge in [-0.2, -0.15) is 0 Å². The van der Waals surface area contributed by atoms with Crippen molar-refractivity contribution in [2.75, 3.05) is 33.4 Å². The zero-order chi connectivity index (χ0) is 32.0. The molecule has 10 heteroatoms. The van der Waals surface area contributed by atoms with Crippen LogP contribution in [0.4, 0.5) is 5.69 Å². The molecular weight excluding hydrogens is 579 g/mol. The molecule has 0 bridgehead atoms. The number of rotatable bonds is 19. The number of benzene rings is 2. The molecule has 0 aliphatic rings. The topological polar surface area (TPSA) is 89.3 Å². The van der Waals surface area contributed by atoms with Crippen LogP contribution in [0.15, 0.2) is 42.0 Å². The highest BCUT2D eigenvalue weighted by atomic mass is 28.3. The van der Waals surface area contributed by atoms with Crippen molar-refractivity contribution < 1.29 is 28.6 Å². The summed E-state index contributed by atoms with van der Waals surface area (Å²) >= 11 is 0. The van der Waals surface area contributed by atoms with Crippen LogP contribution in [0.1, 0.15) is 37.5 Å². The largest absolute Gasteiger partial charge is 0.493 e. The number of hydrogen-bond acceptors (Lipinski definition) is 7. The maximum Gasteiger partial charge on any atom is 0.311 e. The van der Waals surface area contributed by atoms with Crippen LogP contribution in [0.2, 0.25) is 51.4 Å². The summed E-state index contributed by atoms with van der Waals surface area (Å²) < 4.78 is 28.9. The molecule has 8 nitrogen and oxygen atoms in total. The van der Waals surface area contributed by atoms with Gasteiger partial charge in [-0.3, -0.25) is 10.1 Å². The molecule has 2 aromatic carbocycles. The number of hydrogen-bond donors (Lipinski definition) is 0. The second-order valence-electron chi connectivity index (χ2n) is 13.2. The van der Waals surface area contributed by atoms with Gasteiger partial charge in [0, 0.05) is 47.1 Å². The lowest BCUT2D eigenvalue weighted by Gasteiger charge is -2.17. The van der Waals surface area contributed by atoms with Crippen LogP contribution < -0.4 is 14.2 Å². The van der Waals surface area contributed by atoms with E-state index in [1.54, 1.807) is 12.1 Å². The minimum absolute atomic E-state index is 0.0247. The van der Waals surface area contributed by atoms with Crippen molar-refractivity contribution in [3.05, 3.63) is 68.8 Å². The van der Waals surface area contributed by atoms with E-state index in [9.17, 15) is 10.1 Å². The fraction of sp³-hybridized carbons (Fsp3) is 0.515. The maximum atomic E-state index is 11.9. The minimum atomic E-state index is -1.22. The Labute approximate surface area is 260 Å². The van der Waals surface area contributed by atoms with E-state index < -0.39 is 21.1 Å². The van der Waals surface area contributed by atoms with E-state index in [2.05, 4.69) is 59.2 Å². The van der Waals surface area contributed by atoms with Gasteiger partial charge in [0.25, 0.3) is 0 Å². The molecule has 0 heterocycles. The number of nitro groups is 1. The number of ether oxygens (including phenoxy) is 5. The van der Waals surface area contributed by atoms with Crippen LogP contribution in [-0.4, -0.2) is 54.5 Å². The molecule has 0 N–H and O–H groups in total. The zero-order valence-electron chi connectivity index (χ0n) is 27.6. The minimum Gasteiger partial charge on any atom is -0.493 e. The number of nitro benzene ring substituents is 1.